The van der Waals surface area contributed by atoms with Crippen molar-refractivity contribution < 1.29 is 17.9 Å². The molecule has 0 unspecified atom stereocenters. The molecule has 0 saturated heterocycles. The van der Waals surface area contributed by atoms with Crippen LogP contribution < -0.4 is 0 Å². The molecule has 2 heterocycles. The Labute approximate surface area is 149 Å². The van der Waals surface area contributed by atoms with Crippen LogP contribution in [0.5, 0.6) is 0 Å². The fourth-order valence-corrected chi connectivity index (χ4v) is 3.35. The van der Waals surface area contributed by atoms with E-state index in [-0.39, 0.29) is 12.4 Å². The number of carbonyl (C=O) groups is 1. The molecule has 1 aromatic carbocycles. The van der Waals surface area contributed by atoms with Crippen molar-refractivity contribution in [3.05, 3.63) is 70.6 Å². The van der Waals surface area contributed by atoms with Gasteiger partial charge in [0.15, 0.2) is 9.84 Å². The fourth-order valence-electron chi connectivity index (χ4n) is 2.40. The number of sulfone groups is 1. The summed E-state index contributed by atoms with van der Waals surface area (Å²) in [6.07, 6.45) is 4.59. The normalized spacial score (nSPS) is 11.6. The summed E-state index contributed by atoms with van der Waals surface area (Å²) in [5.74, 6) is -0.660. The molecule has 3 aromatic rings. The minimum Gasteiger partial charge on any atom is -0.456 e. The van der Waals surface area contributed by atoms with E-state index in [1.54, 1.807) is 47.1 Å². The average molecular weight is 379 g/mol. The van der Waals surface area contributed by atoms with Crippen LogP contribution in [0.25, 0.3) is 5.65 Å². The van der Waals surface area contributed by atoms with E-state index in [9.17, 15) is 13.2 Å². The van der Waals surface area contributed by atoms with Crippen LogP contribution >= 0.6 is 11.6 Å². The van der Waals surface area contributed by atoms with Crippen molar-refractivity contribution in [3.8, 4) is 0 Å². The number of nitrogens with zero attached hydrogens (tertiary/aromatic N) is 2. The highest BCUT2D eigenvalue weighted by Crippen LogP contribution is 2.14. The third-order valence-corrected chi connectivity index (χ3v) is 4.49. The number of fused-ring (bicyclic) bond motifs is 1. The first-order valence-corrected chi connectivity index (χ1v) is 9.81. The monoisotopic (exact) mass is 378 g/mol. The van der Waals surface area contributed by atoms with Gasteiger partial charge < -0.3 is 9.14 Å². The quantitative estimate of drug-likeness (QED) is 0.638. The molecule has 0 amide bonds. The molecule has 8 heteroatoms. The van der Waals surface area contributed by atoms with E-state index >= 15 is 0 Å². The van der Waals surface area contributed by atoms with Crippen LogP contribution in [-0.2, 0) is 26.9 Å². The summed E-state index contributed by atoms with van der Waals surface area (Å²) in [6, 6.07) is 9.88. The van der Waals surface area contributed by atoms with Gasteiger partial charge in [0.2, 0.25) is 0 Å². The standard InChI is InChI=1S/C17H15ClN2O4S/c1-25(22,23)11-12-3-2-4-13(7-12)17(21)24-10-15-9-20-8-14(18)5-6-16(20)19-15/h2-9H,10-11H2,1H3. The van der Waals surface area contributed by atoms with Crippen LogP contribution in [0.1, 0.15) is 21.6 Å². The number of esters is 1. The lowest BCUT2D eigenvalue weighted by molar-refractivity contribution is 0.0468. The van der Waals surface area contributed by atoms with Crippen molar-refractivity contribution >= 4 is 33.1 Å². The van der Waals surface area contributed by atoms with Gasteiger partial charge in [0, 0.05) is 18.6 Å². The number of imidazole rings is 1. The molecule has 0 N–H and O–H groups in total. The van der Waals surface area contributed by atoms with Gasteiger partial charge in [-0.1, -0.05) is 23.7 Å². The number of hydrogen-bond donors (Lipinski definition) is 0. The van der Waals surface area contributed by atoms with Crippen molar-refractivity contribution in [1.29, 1.82) is 0 Å². The SMILES string of the molecule is CS(=O)(=O)Cc1cccc(C(=O)OCc2cn3cc(Cl)ccc3n2)c1. The number of halogens is 1. The van der Waals surface area contributed by atoms with E-state index in [4.69, 9.17) is 16.3 Å². The Morgan fingerprint density at radius 3 is 2.80 bits per heavy atom. The van der Waals surface area contributed by atoms with Crippen LogP contribution in [-0.4, -0.2) is 30.0 Å². The summed E-state index contributed by atoms with van der Waals surface area (Å²) in [6.45, 7) is 0.00837. The molecule has 0 aliphatic carbocycles. The lowest BCUT2D eigenvalue weighted by Crippen LogP contribution is -2.07. The lowest BCUT2D eigenvalue weighted by atomic mass is 10.1. The molecule has 0 fully saturated rings. The number of rotatable bonds is 5. The minimum absolute atomic E-state index is 0.00837. The zero-order valence-corrected chi connectivity index (χ0v) is 14.9. The average Bonchev–Trinajstić information content (AvgIpc) is 2.93. The highest BCUT2D eigenvalue weighted by atomic mass is 35.5. The predicted molar refractivity (Wildman–Crippen MR) is 94.3 cm³/mol. The maximum absolute atomic E-state index is 12.2. The zero-order chi connectivity index (χ0) is 18.0. The van der Waals surface area contributed by atoms with Gasteiger partial charge in [0.1, 0.15) is 12.3 Å². The van der Waals surface area contributed by atoms with E-state index in [2.05, 4.69) is 4.98 Å². The number of ether oxygens (including phenoxy) is 1. The summed E-state index contributed by atoms with van der Waals surface area (Å²) < 4.78 is 29.7. The Balaban J connectivity index is 1.70. The summed E-state index contributed by atoms with van der Waals surface area (Å²) >= 11 is 5.92. The molecule has 3 rings (SSSR count). The molecule has 2 aromatic heterocycles. The summed E-state index contributed by atoms with van der Waals surface area (Å²) in [5, 5.41) is 0.580. The molecule has 0 atom stereocenters. The maximum Gasteiger partial charge on any atom is 0.338 e. The highest BCUT2D eigenvalue weighted by molar-refractivity contribution is 7.89. The Bertz CT molecular complexity index is 1040. The molecule has 25 heavy (non-hydrogen) atoms. The third-order valence-electron chi connectivity index (χ3n) is 3.41. The Hall–Kier alpha value is -2.38. The number of hydrogen-bond acceptors (Lipinski definition) is 5. The molecule has 0 bridgehead atoms. The van der Waals surface area contributed by atoms with Gasteiger partial charge in [-0.2, -0.15) is 0 Å². The number of benzene rings is 1. The first-order chi connectivity index (χ1) is 11.8. The molecule has 0 aliphatic heterocycles. The summed E-state index contributed by atoms with van der Waals surface area (Å²) in [4.78, 5) is 16.5. The van der Waals surface area contributed by atoms with Crippen molar-refractivity contribution in [2.75, 3.05) is 6.26 Å². The topological polar surface area (TPSA) is 77.7 Å². The predicted octanol–water partition coefficient (Wildman–Crippen LogP) is 2.89. The van der Waals surface area contributed by atoms with Crippen LogP contribution in [0.2, 0.25) is 5.02 Å². The van der Waals surface area contributed by atoms with Gasteiger partial charge >= 0.3 is 5.97 Å². The van der Waals surface area contributed by atoms with E-state index in [1.165, 1.54) is 6.07 Å². The van der Waals surface area contributed by atoms with Gasteiger partial charge in [-0.3, -0.25) is 0 Å². The number of aromatic nitrogens is 2. The molecule has 0 saturated carbocycles. The molecule has 0 spiro atoms. The van der Waals surface area contributed by atoms with Gasteiger partial charge in [-0.05, 0) is 29.8 Å². The second kappa shape index (κ2) is 6.85. The van der Waals surface area contributed by atoms with E-state index in [0.717, 1.165) is 6.26 Å². The molecule has 0 radical (unpaired) electrons. The molecular formula is C17H15ClN2O4S. The Kier molecular flexibility index (Phi) is 4.78. The van der Waals surface area contributed by atoms with Gasteiger partial charge in [-0.25, -0.2) is 18.2 Å². The maximum atomic E-state index is 12.2. The Morgan fingerprint density at radius 2 is 2.04 bits per heavy atom. The molecule has 0 aliphatic rings. The van der Waals surface area contributed by atoms with Crippen LogP contribution in [0.15, 0.2) is 48.8 Å². The van der Waals surface area contributed by atoms with E-state index in [0.29, 0.717) is 27.5 Å². The van der Waals surface area contributed by atoms with Gasteiger partial charge in [-0.15, -0.1) is 0 Å². The van der Waals surface area contributed by atoms with Crippen molar-refractivity contribution in [2.45, 2.75) is 12.4 Å². The molecule has 6 nitrogen and oxygen atoms in total. The van der Waals surface area contributed by atoms with Crippen LogP contribution in [0, 0.1) is 0 Å². The number of carbonyl (C=O) groups excluding carboxylic acids is 1. The zero-order valence-electron chi connectivity index (χ0n) is 13.3. The van der Waals surface area contributed by atoms with Crippen molar-refractivity contribution in [3.63, 3.8) is 0 Å². The van der Waals surface area contributed by atoms with Crippen molar-refractivity contribution in [1.82, 2.24) is 9.38 Å². The fraction of sp³-hybridized carbons (Fsp3) is 0.176. The first kappa shape index (κ1) is 17.4. The van der Waals surface area contributed by atoms with Gasteiger partial charge in [0.25, 0.3) is 0 Å². The van der Waals surface area contributed by atoms with Crippen molar-refractivity contribution in [2.24, 2.45) is 0 Å². The number of pyridine rings is 1. The molecular weight excluding hydrogens is 364 g/mol. The summed E-state index contributed by atoms with van der Waals surface area (Å²) in [7, 11) is -3.17. The summed E-state index contributed by atoms with van der Waals surface area (Å²) in [5.41, 5.74) is 2.13. The Morgan fingerprint density at radius 1 is 1.24 bits per heavy atom. The lowest BCUT2D eigenvalue weighted by Gasteiger charge is -2.05. The van der Waals surface area contributed by atoms with Gasteiger partial charge in [0.05, 0.1) is 22.0 Å². The molecule has 130 valence electrons. The second-order valence-electron chi connectivity index (χ2n) is 5.69. The largest absolute Gasteiger partial charge is 0.456 e. The smallest absolute Gasteiger partial charge is 0.338 e. The van der Waals surface area contributed by atoms with Crippen LogP contribution in [0.4, 0.5) is 0 Å². The first-order valence-electron chi connectivity index (χ1n) is 7.37. The minimum atomic E-state index is -3.17. The third kappa shape index (κ3) is 4.58. The van der Waals surface area contributed by atoms with Crippen LogP contribution in [0.3, 0.4) is 0 Å². The second-order valence-corrected chi connectivity index (χ2v) is 8.27. The van der Waals surface area contributed by atoms with E-state index in [1.807, 2.05) is 0 Å². The van der Waals surface area contributed by atoms with E-state index < -0.39 is 15.8 Å². The highest BCUT2D eigenvalue weighted by Gasteiger charge is 2.12.